The SMILES string of the molecule is CCCc1c(N=Nc2cc(C)c(N=Nc3cc(Nc4nc(Nc5cccc6cc(S(=O)(=O)O)cc(S(=O)(=O)O)c56)nc(SCCCS(=O)(=O)O)n4)c(N=Nc4cc(C)c(N=Nc5ccc([N+](=O)[O-])cc5S(=O)(=O)O)cc4SCCCS(=O)(=O)O)cc3SCCCS(=O)(=O)O)cc2OCCCS(=O)(=O)O)c(O)n2c(nc3cc(OC)ccc32)c1C#N. The largest absolute Gasteiger partial charge is 0.497 e. The van der Waals surface area contributed by atoms with Gasteiger partial charge in [0.15, 0.2) is 16.5 Å². The normalized spacial score (nSPS) is 12.8. The number of hydrogen-bond donors (Lipinski definition) is 10. The number of azo groups is 4. The number of pyridine rings is 1. The van der Waals surface area contributed by atoms with Crippen LogP contribution in [0.5, 0.6) is 17.4 Å². The van der Waals surface area contributed by atoms with Gasteiger partial charge in [0, 0.05) is 50.8 Å². The van der Waals surface area contributed by atoms with Crippen LogP contribution in [-0.4, -0.2) is 179 Å². The smallest absolute Gasteiger partial charge is 0.297 e. The summed E-state index contributed by atoms with van der Waals surface area (Å²) in [6, 6.07) is 22.7. The zero-order chi connectivity index (χ0) is 87.6. The molecule has 0 aliphatic rings. The lowest BCUT2D eigenvalue weighted by Gasteiger charge is -2.15. The fraction of sp³-hybridized carbons (Fsp3) is 0.269. The highest BCUT2D eigenvalue weighted by Crippen LogP contribution is 2.47. The molecule has 0 saturated carbocycles. The van der Waals surface area contributed by atoms with Gasteiger partial charge in [0.05, 0.1) is 86.0 Å². The maximum atomic E-state index is 13.1. The van der Waals surface area contributed by atoms with Crippen molar-refractivity contribution in [3.8, 4) is 23.4 Å². The van der Waals surface area contributed by atoms with Crippen LogP contribution in [0.1, 0.15) is 61.3 Å². The van der Waals surface area contributed by atoms with Crippen LogP contribution in [-0.2, 0) is 77.2 Å². The van der Waals surface area contributed by atoms with E-state index < -0.39 is 149 Å². The van der Waals surface area contributed by atoms with Crippen LogP contribution < -0.4 is 20.1 Å². The highest BCUT2D eigenvalue weighted by atomic mass is 32.2. The number of hydrogen-bond acceptors (Lipinski definition) is 37. The van der Waals surface area contributed by atoms with E-state index in [-0.39, 0.29) is 160 Å². The van der Waals surface area contributed by atoms with Gasteiger partial charge in [-0.25, -0.2) is 4.98 Å². The average molecular weight is 1850 g/mol. The molecular formula is C67H67N17O26S10. The van der Waals surface area contributed by atoms with E-state index in [1.807, 2.05) is 6.92 Å². The zero-order valence-corrected chi connectivity index (χ0v) is 70.6. The summed E-state index contributed by atoms with van der Waals surface area (Å²) in [5.74, 6) is -4.34. The van der Waals surface area contributed by atoms with Crippen molar-refractivity contribution in [2.45, 2.75) is 88.9 Å². The molecule has 10 aromatic rings. The number of nitro groups is 1. The number of benzene rings is 7. The van der Waals surface area contributed by atoms with Crippen LogP contribution in [0.2, 0.25) is 0 Å². The van der Waals surface area contributed by atoms with E-state index in [1.54, 1.807) is 25.1 Å². The summed E-state index contributed by atoms with van der Waals surface area (Å²) in [6.45, 7) is 4.48. The second kappa shape index (κ2) is 38.0. The average Bonchev–Trinajstić information content (AvgIpc) is 1.58. The predicted octanol–water partition coefficient (Wildman–Crippen LogP) is 14.5. The molecule has 0 atom stereocenters. The minimum absolute atomic E-state index is 0.00224. The Balaban J connectivity index is 1.18. The summed E-state index contributed by atoms with van der Waals surface area (Å²) in [4.78, 5) is 26.1. The molecule has 7 aromatic carbocycles. The van der Waals surface area contributed by atoms with Crippen LogP contribution in [0, 0.1) is 35.3 Å². The molecular weight excluding hydrogens is 1780 g/mol. The van der Waals surface area contributed by atoms with Crippen molar-refractivity contribution < 1.29 is 110 Å². The van der Waals surface area contributed by atoms with E-state index in [9.17, 15) is 111 Å². The van der Waals surface area contributed by atoms with Gasteiger partial charge in [-0.2, -0.15) is 89.4 Å². The van der Waals surface area contributed by atoms with E-state index in [0.29, 0.717) is 35.3 Å². The molecule has 0 amide bonds. The van der Waals surface area contributed by atoms with Gasteiger partial charge < -0.3 is 25.2 Å². The first-order valence-corrected chi connectivity index (χ1v) is 48.2. The van der Waals surface area contributed by atoms with Gasteiger partial charge in [-0.1, -0.05) is 37.2 Å². The lowest BCUT2D eigenvalue weighted by molar-refractivity contribution is -0.385. The third-order valence-electron chi connectivity index (χ3n) is 16.6. The second-order valence-corrected chi connectivity index (χ2v) is 39.3. The summed E-state index contributed by atoms with van der Waals surface area (Å²) in [5.41, 5.74) is -0.599. The van der Waals surface area contributed by atoms with Gasteiger partial charge in [-0.3, -0.25) is 46.4 Å². The van der Waals surface area contributed by atoms with Crippen LogP contribution in [0.15, 0.2) is 174 Å². The zero-order valence-electron chi connectivity index (χ0n) is 62.4. The number of non-ortho nitro benzene ring substituents is 1. The van der Waals surface area contributed by atoms with Gasteiger partial charge in [0.1, 0.15) is 55.7 Å². The fourth-order valence-corrected chi connectivity index (χ4v) is 18.5. The summed E-state index contributed by atoms with van der Waals surface area (Å²) in [6.07, 6.45) is -0.234. The number of nitro benzene ring substituents is 1. The van der Waals surface area contributed by atoms with Crippen LogP contribution >= 0.6 is 35.3 Å². The number of anilines is 4. The Kier molecular flexibility index (Phi) is 29.1. The summed E-state index contributed by atoms with van der Waals surface area (Å²) >= 11 is 2.67. The highest BCUT2D eigenvalue weighted by Gasteiger charge is 2.28. The number of imidazole rings is 1. The quantitative estimate of drug-likeness (QED) is 0.00427. The number of nitriles is 1. The number of aryl methyl sites for hydroxylation is 2. The lowest BCUT2D eigenvalue weighted by Crippen LogP contribution is -2.08. The van der Waals surface area contributed by atoms with Crippen LogP contribution in [0.3, 0.4) is 0 Å². The number of rotatable bonds is 39. The van der Waals surface area contributed by atoms with Crippen molar-refractivity contribution in [2.24, 2.45) is 40.9 Å². The molecule has 43 nitrogen and oxygen atoms in total. The van der Waals surface area contributed by atoms with Gasteiger partial charge in [-0.15, -0.1) is 54.2 Å². The maximum absolute atomic E-state index is 13.1. The van der Waals surface area contributed by atoms with Crippen molar-refractivity contribution in [3.63, 3.8) is 0 Å². The topological polar surface area (TPSA) is 665 Å². The van der Waals surface area contributed by atoms with E-state index >= 15 is 0 Å². The Hall–Kier alpha value is -10.5. The molecule has 0 bridgehead atoms. The molecule has 3 aromatic heterocycles. The van der Waals surface area contributed by atoms with Crippen molar-refractivity contribution in [1.82, 2.24) is 24.3 Å². The fourth-order valence-electron chi connectivity index (χ4n) is 11.2. The molecule has 0 radical (unpaired) electrons. The molecule has 10 rings (SSSR count). The van der Waals surface area contributed by atoms with Gasteiger partial charge in [0.25, 0.3) is 76.5 Å². The van der Waals surface area contributed by atoms with Gasteiger partial charge in [0.2, 0.25) is 17.8 Å². The number of methoxy groups -OCH3 is 1. The molecule has 120 heavy (non-hydrogen) atoms. The molecule has 53 heteroatoms. The minimum Gasteiger partial charge on any atom is -0.497 e. The van der Waals surface area contributed by atoms with Crippen molar-refractivity contribution in [3.05, 3.63) is 135 Å². The van der Waals surface area contributed by atoms with Crippen LogP contribution in [0.4, 0.5) is 74.5 Å². The first-order valence-electron chi connectivity index (χ1n) is 34.4. The first kappa shape index (κ1) is 91.8. The molecule has 0 saturated heterocycles. The molecule has 0 fully saturated rings. The van der Waals surface area contributed by atoms with Gasteiger partial charge in [-0.05, 0) is 141 Å². The monoisotopic (exact) mass is 1850 g/mol. The number of ether oxygens (including phenoxy) is 2. The number of fused-ring (bicyclic) bond motifs is 4. The Morgan fingerprint density at radius 3 is 1.65 bits per heavy atom. The summed E-state index contributed by atoms with van der Waals surface area (Å²) in [5, 5.41) is 75.0. The molecule has 0 aliphatic carbocycles. The second-order valence-electron chi connectivity index (χ2n) is 25.5. The minimum atomic E-state index is -5.35. The molecule has 3 heterocycles. The summed E-state index contributed by atoms with van der Waals surface area (Å²) < 4.78 is 254. The third kappa shape index (κ3) is 24.6. The first-order chi connectivity index (χ1) is 56.3. The van der Waals surface area contributed by atoms with E-state index in [1.165, 1.54) is 73.0 Å². The number of aromatic nitrogens is 5. The molecule has 0 aliphatic heterocycles. The van der Waals surface area contributed by atoms with E-state index in [4.69, 9.17) is 9.47 Å². The van der Waals surface area contributed by atoms with E-state index in [2.05, 4.69) is 77.6 Å². The maximum Gasteiger partial charge on any atom is 0.297 e. The van der Waals surface area contributed by atoms with Gasteiger partial charge >= 0.3 is 0 Å². The standard InChI is InChI=1S/C67H67N17O26S10/c1-5-11-43-44(36-68)63-69-51-30-41(109-4)15-17-55(51)83(63)64(85)62(43)82-79-52-26-37(2)47(33-56(52)110-18-7-22-114(88,89)90)76-81-54-32-49(71-66-72-65(73-67(74-66)113-21-10-25-117(97,98)99)70-46-13-6-12-39-28-42(118(100,101)102)31-60(61(39)46)120(106,107)108)50(35-58(54)112-20-9-24-116(94,95)96)78-80-53-27-38(3)48(34-57(53)111-19-8-23-115(91,92)93)77-75-45-16-14-40(84(86)87)29-59(45)119(103,104)105/h6,12-17,26-35,85H,5,7-11,18-25H2,1-4H3,(H,88,89,90)(H,91,92,93)(H,94,95,96)(H,97,98,99)(H,100,101,102)(H,103,104,105)(H,106,107,108)(H2,70,71,72,73,74). The highest BCUT2D eigenvalue weighted by molar-refractivity contribution is 8.00. The number of nitrogens with one attached hydrogen (secondary N) is 2. The number of thioether (sulfide) groups is 3. The number of aromatic hydroxyl groups is 1. The van der Waals surface area contributed by atoms with Crippen molar-refractivity contribution >= 4 is 208 Å². The van der Waals surface area contributed by atoms with Crippen LogP contribution in [0.25, 0.3) is 27.5 Å². The lowest BCUT2D eigenvalue weighted by atomic mass is 10.0. The van der Waals surface area contributed by atoms with Crippen molar-refractivity contribution in [2.75, 3.05) is 64.6 Å². The Labute approximate surface area is 696 Å². The summed E-state index contributed by atoms with van der Waals surface area (Å²) in [7, 11) is -32.3. The van der Waals surface area contributed by atoms with Crippen molar-refractivity contribution in [1.29, 1.82) is 5.26 Å². The Morgan fingerprint density at radius 1 is 0.550 bits per heavy atom. The third-order valence-corrected chi connectivity index (χ3v) is 25.6. The Bertz CT molecular complexity index is 6780. The number of nitrogens with zero attached hydrogens (tertiary/aromatic N) is 15. The molecule has 10 N–H and O–H groups in total. The molecule has 0 unspecified atom stereocenters. The molecule has 0 spiro atoms. The van der Waals surface area contributed by atoms with E-state index in [0.717, 1.165) is 53.5 Å². The predicted molar refractivity (Wildman–Crippen MR) is 440 cm³/mol. The molecule has 636 valence electrons. The Morgan fingerprint density at radius 2 is 1.08 bits per heavy atom.